The zero-order chi connectivity index (χ0) is 10.6. The van der Waals surface area contributed by atoms with E-state index in [4.69, 9.17) is 20.1 Å². The fourth-order valence-corrected chi connectivity index (χ4v) is 1.37. The SMILES string of the molecule is COc1cc(CO)c(CO)c(CO)c1. The third-order valence-electron chi connectivity index (χ3n) is 2.14. The lowest BCUT2D eigenvalue weighted by molar-refractivity contribution is 0.246. The van der Waals surface area contributed by atoms with E-state index in [1.54, 1.807) is 12.1 Å². The molecule has 3 N–H and O–H groups in total. The van der Waals surface area contributed by atoms with E-state index in [0.29, 0.717) is 22.4 Å². The quantitative estimate of drug-likeness (QED) is 0.645. The van der Waals surface area contributed by atoms with Gasteiger partial charge < -0.3 is 20.1 Å². The average Bonchev–Trinajstić information content (AvgIpc) is 2.26. The molecular weight excluding hydrogens is 184 g/mol. The van der Waals surface area contributed by atoms with Crippen molar-refractivity contribution in [3.8, 4) is 5.75 Å². The predicted octanol–water partition coefficient (Wildman–Crippen LogP) is 0.172. The summed E-state index contributed by atoms with van der Waals surface area (Å²) in [6.45, 7) is -0.560. The predicted molar refractivity (Wildman–Crippen MR) is 50.8 cm³/mol. The fraction of sp³-hybridized carbons (Fsp3) is 0.400. The summed E-state index contributed by atoms with van der Waals surface area (Å²) in [5.74, 6) is 0.565. The maximum absolute atomic E-state index is 9.06. The Morgan fingerprint density at radius 2 is 1.50 bits per heavy atom. The van der Waals surface area contributed by atoms with Gasteiger partial charge in [-0.2, -0.15) is 0 Å². The Bertz CT molecular complexity index is 284. The van der Waals surface area contributed by atoms with Crippen LogP contribution in [0.5, 0.6) is 5.75 Å². The molecule has 4 nitrogen and oxygen atoms in total. The minimum absolute atomic E-state index is 0.180. The minimum Gasteiger partial charge on any atom is -0.497 e. The van der Waals surface area contributed by atoms with Crippen LogP contribution in [-0.4, -0.2) is 22.4 Å². The lowest BCUT2D eigenvalue weighted by atomic mass is 10.0. The number of methoxy groups -OCH3 is 1. The van der Waals surface area contributed by atoms with Crippen molar-refractivity contribution in [2.45, 2.75) is 19.8 Å². The summed E-state index contributed by atoms with van der Waals surface area (Å²) in [6, 6.07) is 3.29. The fourth-order valence-electron chi connectivity index (χ4n) is 1.37. The highest BCUT2D eigenvalue weighted by molar-refractivity contribution is 5.41. The number of hydrogen-bond acceptors (Lipinski definition) is 4. The normalized spacial score (nSPS) is 10.3. The van der Waals surface area contributed by atoms with Crippen molar-refractivity contribution < 1.29 is 20.1 Å². The van der Waals surface area contributed by atoms with Crippen LogP contribution in [0, 0.1) is 0 Å². The van der Waals surface area contributed by atoms with Crippen LogP contribution in [-0.2, 0) is 19.8 Å². The van der Waals surface area contributed by atoms with E-state index in [1.165, 1.54) is 7.11 Å². The summed E-state index contributed by atoms with van der Waals surface area (Å²) in [5, 5.41) is 27.1. The Hall–Kier alpha value is -1.10. The Morgan fingerprint density at radius 1 is 1.00 bits per heavy atom. The summed E-state index contributed by atoms with van der Waals surface area (Å²) in [4.78, 5) is 0. The third-order valence-corrected chi connectivity index (χ3v) is 2.14. The van der Waals surface area contributed by atoms with E-state index in [1.807, 2.05) is 0 Å². The molecule has 0 unspecified atom stereocenters. The van der Waals surface area contributed by atoms with Crippen molar-refractivity contribution in [1.29, 1.82) is 0 Å². The van der Waals surface area contributed by atoms with Crippen LogP contribution in [0.1, 0.15) is 16.7 Å². The molecule has 1 rings (SSSR count). The van der Waals surface area contributed by atoms with Crippen LogP contribution in [0.4, 0.5) is 0 Å². The van der Waals surface area contributed by atoms with Gasteiger partial charge in [0.15, 0.2) is 0 Å². The number of aliphatic hydroxyl groups is 3. The number of aliphatic hydroxyl groups excluding tert-OH is 3. The molecule has 14 heavy (non-hydrogen) atoms. The molecule has 1 aromatic rings. The van der Waals surface area contributed by atoms with Gasteiger partial charge in [-0.3, -0.25) is 0 Å². The first-order chi connectivity index (χ1) is 6.76. The Labute approximate surface area is 82.4 Å². The minimum atomic E-state index is -0.199. The van der Waals surface area contributed by atoms with E-state index < -0.39 is 0 Å². The van der Waals surface area contributed by atoms with Gasteiger partial charge in [0.2, 0.25) is 0 Å². The average molecular weight is 198 g/mol. The van der Waals surface area contributed by atoms with Gasteiger partial charge >= 0.3 is 0 Å². The van der Waals surface area contributed by atoms with Crippen LogP contribution in [0.2, 0.25) is 0 Å². The second-order valence-corrected chi connectivity index (χ2v) is 2.90. The number of rotatable bonds is 4. The highest BCUT2D eigenvalue weighted by atomic mass is 16.5. The first-order valence-corrected chi connectivity index (χ1v) is 4.28. The summed E-state index contributed by atoms with van der Waals surface area (Å²) >= 11 is 0. The van der Waals surface area contributed by atoms with Crippen molar-refractivity contribution in [1.82, 2.24) is 0 Å². The van der Waals surface area contributed by atoms with Crippen molar-refractivity contribution in [3.63, 3.8) is 0 Å². The van der Waals surface area contributed by atoms with Crippen LogP contribution < -0.4 is 4.74 Å². The van der Waals surface area contributed by atoms with E-state index in [-0.39, 0.29) is 19.8 Å². The van der Waals surface area contributed by atoms with Gasteiger partial charge in [-0.1, -0.05) is 0 Å². The summed E-state index contributed by atoms with van der Waals surface area (Å²) < 4.78 is 4.99. The molecule has 0 aliphatic heterocycles. The third kappa shape index (κ3) is 2.04. The van der Waals surface area contributed by atoms with E-state index in [2.05, 4.69) is 0 Å². The van der Waals surface area contributed by atoms with Gasteiger partial charge in [0, 0.05) is 0 Å². The van der Waals surface area contributed by atoms with E-state index in [0.717, 1.165) is 0 Å². The molecule has 0 fully saturated rings. The molecule has 1 aromatic carbocycles. The van der Waals surface area contributed by atoms with Gasteiger partial charge in [0.1, 0.15) is 5.75 Å². The van der Waals surface area contributed by atoms with E-state index >= 15 is 0 Å². The Kier molecular flexibility index (Phi) is 3.88. The van der Waals surface area contributed by atoms with Crippen LogP contribution in [0.25, 0.3) is 0 Å². The number of ether oxygens (including phenoxy) is 1. The smallest absolute Gasteiger partial charge is 0.119 e. The monoisotopic (exact) mass is 198 g/mol. The molecule has 4 heteroatoms. The first-order valence-electron chi connectivity index (χ1n) is 4.28. The van der Waals surface area contributed by atoms with Crippen molar-refractivity contribution in [2.75, 3.05) is 7.11 Å². The molecule has 0 saturated heterocycles. The lowest BCUT2D eigenvalue weighted by Crippen LogP contribution is -2.01. The van der Waals surface area contributed by atoms with Crippen molar-refractivity contribution in [2.24, 2.45) is 0 Å². The molecule has 0 amide bonds. The Morgan fingerprint density at radius 3 is 1.79 bits per heavy atom. The molecule has 0 spiro atoms. The zero-order valence-corrected chi connectivity index (χ0v) is 8.03. The molecule has 0 aromatic heterocycles. The molecule has 0 aliphatic rings. The summed E-state index contributed by atoms with van der Waals surface area (Å²) in [5.41, 5.74) is 1.72. The lowest BCUT2D eigenvalue weighted by Gasteiger charge is -2.12. The maximum Gasteiger partial charge on any atom is 0.119 e. The van der Waals surface area contributed by atoms with Gasteiger partial charge in [0.05, 0.1) is 26.9 Å². The van der Waals surface area contributed by atoms with Gasteiger partial charge in [0.25, 0.3) is 0 Å². The standard InChI is InChI=1S/C10H14O4/c1-14-9-2-7(4-11)10(6-13)8(3-9)5-12/h2-3,11-13H,4-6H2,1H3. The van der Waals surface area contributed by atoms with Crippen molar-refractivity contribution >= 4 is 0 Å². The van der Waals surface area contributed by atoms with Gasteiger partial charge in [-0.25, -0.2) is 0 Å². The largest absolute Gasteiger partial charge is 0.497 e. The molecule has 0 saturated carbocycles. The second-order valence-electron chi connectivity index (χ2n) is 2.90. The molecule has 0 radical (unpaired) electrons. The number of hydrogen-bond donors (Lipinski definition) is 3. The molecule has 0 bridgehead atoms. The maximum atomic E-state index is 9.06. The van der Waals surface area contributed by atoms with Crippen LogP contribution in [0.3, 0.4) is 0 Å². The molecule has 0 atom stereocenters. The summed E-state index contributed by atoms with van der Waals surface area (Å²) in [7, 11) is 1.51. The molecular formula is C10H14O4. The van der Waals surface area contributed by atoms with Crippen LogP contribution in [0.15, 0.2) is 12.1 Å². The number of benzene rings is 1. The second kappa shape index (κ2) is 4.95. The Balaban J connectivity index is 3.24. The van der Waals surface area contributed by atoms with Crippen molar-refractivity contribution in [3.05, 3.63) is 28.8 Å². The molecule has 0 heterocycles. The first kappa shape index (κ1) is 11.0. The highest BCUT2D eigenvalue weighted by Gasteiger charge is 2.09. The van der Waals surface area contributed by atoms with E-state index in [9.17, 15) is 0 Å². The summed E-state index contributed by atoms with van der Waals surface area (Å²) in [6.07, 6.45) is 0. The highest BCUT2D eigenvalue weighted by Crippen LogP contribution is 2.23. The van der Waals surface area contributed by atoms with Gasteiger partial charge in [-0.15, -0.1) is 0 Å². The van der Waals surface area contributed by atoms with Crippen LogP contribution >= 0.6 is 0 Å². The molecule has 78 valence electrons. The molecule has 0 aliphatic carbocycles. The topological polar surface area (TPSA) is 69.9 Å². The van der Waals surface area contributed by atoms with Gasteiger partial charge in [-0.05, 0) is 28.8 Å². The zero-order valence-electron chi connectivity index (χ0n) is 8.03.